The number of aryl methyl sites for hydroxylation is 1. The summed E-state index contributed by atoms with van der Waals surface area (Å²) in [4.78, 5) is 27.2. The van der Waals surface area contributed by atoms with E-state index in [0.717, 1.165) is 0 Å². The van der Waals surface area contributed by atoms with Gasteiger partial charge in [-0.2, -0.15) is 0 Å². The van der Waals surface area contributed by atoms with E-state index in [1.54, 1.807) is 24.6 Å². The molecule has 0 radical (unpaired) electrons. The third-order valence-electron chi connectivity index (χ3n) is 2.40. The lowest BCUT2D eigenvalue weighted by molar-refractivity contribution is 0.0698. The zero-order chi connectivity index (χ0) is 13.1. The highest BCUT2D eigenvalue weighted by atomic mass is 32.1. The number of carboxylic acids is 1. The Morgan fingerprint density at radius 2 is 2.17 bits per heavy atom. The van der Waals surface area contributed by atoms with E-state index in [-0.39, 0.29) is 11.5 Å². The van der Waals surface area contributed by atoms with Crippen molar-refractivity contribution < 1.29 is 14.7 Å². The van der Waals surface area contributed by atoms with Crippen LogP contribution in [0.15, 0.2) is 29.9 Å². The van der Waals surface area contributed by atoms with Gasteiger partial charge in [0, 0.05) is 0 Å². The lowest BCUT2D eigenvalue weighted by atomic mass is 10.1. The number of aromatic nitrogens is 1. The van der Waals surface area contributed by atoms with Gasteiger partial charge in [0.2, 0.25) is 0 Å². The normalized spacial score (nSPS) is 10.1. The van der Waals surface area contributed by atoms with Crippen LogP contribution in [0.25, 0.3) is 0 Å². The number of amides is 1. The zero-order valence-electron chi connectivity index (χ0n) is 9.51. The summed E-state index contributed by atoms with van der Waals surface area (Å²) >= 11 is 1.20. The monoisotopic (exact) mass is 262 g/mol. The van der Waals surface area contributed by atoms with Gasteiger partial charge in [-0.1, -0.05) is 12.1 Å². The molecular formula is C12H10N2O3S. The topological polar surface area (TPSA) is 79.3 Å². The largest absolute Gasteiger partial charge is 0.478 e. The highest BCUT2D eigenvalue weighted by Gasteiger charge is 2.15. The van der Waals surface area contributed by atoms with Crippen LogP contribution in [0.3, 0.4) is 0 Å². The van der Waals surface area contributed by atoms with Crippen molar-refractivity contribution in [1.29, 1.82) is 0 Å². The molecule has 1 aromatic heterocycles. The number of hydrogen-bond acceptors (Lipinski definition) is 4. The summed E-state index contributed by atoms with van der Waals surface area (Å²) in [6, 6.07) is 4.84. The molecule has 92 valence electrons. The number of nitrogens with one attached hydrogen (secondary N) is 1. The van der Waals surface area contributed by atoms with Gasteiger partial charge in [0.25, 0.3) is 5.91 Å². The Morgan fingerprint density at radius 1 is 1.39 bits per heavy atom. The van der Waals surface area contributed by atoms with Crippen LogP contribution in [-0.4, -0.2) is 22.0 Å². The first-order valence-corrected chi connectivity index (χ1v) is 6.00. The standard InChI is InChI=1S/C12H10N2O3S/c1-7-3-2-4-8(12(16)17)10(7)14-11(15)9-5-13-6-18-9/h2-6H,1H3,(H,14,15)(H,16,17). The third-order valence-corrected chi connectivity index (χ3v) is 3.17. The fraction of sp³-hybridized carbons (Fsp3) is 0.0833. The molecule has 2 rings (SSSR count). The molecule has 1 amide bonds. The van der Waals surface area contributed by atoms with Crippen LogP contribution in [0.5, 0.6) is 0 Å². The molecule has 1 aromatic carbocycles. The average Bonchev–Trinajstić information content (AvgIpc) is 2.85. The Morgan fingerprint density at radius 3 is 2.78 bits per heavy atom. The van der Waals surface area contributed by atoms with E-state index in [2.05, 4.69) is 10.3 Å². The van der Waals surface area contributed by atoms with Crippen LogP contribution in [-0.2, 0) is 0 Å². The molecule has 2 aromatic rings. The third kappa shape index (κ3) is 2.38. The first-order valence-electron chi connectivity index (χ1n) is 5.12. The number of carbonyl (C=O) groups excluding carboxylic acids is 1. The Kier molecular flexibility index (Phi) is 3.38. The number of para-hydroxylation sites is 1. The van der Waals surface area contributed by atoms with Crippen molar-refractivity contribution in [1.82, 2.24) is 4.98 Å². The lowest BCUT2D eigenvalue weighted by Gasteiger charge is -2.10. The molecule has 0 aliphatic rings. The van der Waals surface area contributed by atoms with Gasteiger partial charge < -0.3 is 10.4 Å². The van der Waals surface area contributed by atoms with Crippen molar-refractivity contribution in [2.24, 2.45) is 0 Å². The second-order valence-corrected chi connectivity index (χ2v) is 4.51. The van der Waals surface area contributed by atoms with Crippen molar-refractivity contribution in [3.05, 3.63) is 45.9 Å². The minimum Gasteiger partial charge on any atom is -0.478 e. The van der Waals surface area contributed by atoms with Crippen LogP contribution in [0.1, 0.15) is 25.6 Å². The smallest absolute Gasteiger partial charge is 0.337 e. The van der Waals surface area contributed by atoms with E-state index >= 15 is 0 Å². The summed E-state index contributed by atoms with van der Waals surface area (Å²) in [5.41, 5.74) is 2.65. The molecule has 0 aliphatic carbocycles. The predicted molar refractivity (Wildman–Crippen MR) is 68.2 cm³/mol. The van der Waals surface area contributed by atoms with Crippen molar-refractivity contribution in [3.63, 3.8) is 0 Å². The number of carboxylic acid groups (broad SMARTS) is 1. The number of carbonyl (C=O) groups is 2. The Hall–Kier alpha value is -2.21. The zero-order valence-corrected chi connectivity index (χ0v) is 10.3. The molecule has 5 nitrogen and oxygen atoms in total. The van der Waals surface area contributed by atoms with Gasteiger partial charge in [0.05, 0.1) is 23.0 Å². The second-order valence-electron chi connectivity index (χ2n) is 3.62. The molecule has 0 atom stereocenters. The van der Waals surface area contributed by atoms with Gasteiger partial charge in [0.1, 0.15) is 4.88 Å². The van der Waals surface area contributed by atoms with E-state index in [4.69, 9.17) is 5.11 Å². The Bertz CT molecular complexity index is 593. The quantitative estimate of drug-likeness (QED) is 0.890. The Balaban J connectivity index is 2.34. The van der Waals surface area contributed by atoms with Crippen molar-refractivity contribution in [2.75, 3.05) is 5.32 Å². The van der Waals surface area contributed by atoms with Gasteiger partial charge in [-0.25, -0.2) is 4.79 Å². The summed E-state index contributed by atoms with van der Waals surface area (Å²) in [6.07, 6.45) is 1.44. The number of thiazole rings is 1. The van der Waals surface area contributed by atoms with E-state index in [9.17, 15) is 9.59 Å². The molecule has 1 heterocycles. The van der Waals surface area contributed by atoms with Crippen molar-refractivity contribution in [2.45, 2.75) is 6.92 Å². The van der Waals surface area contributed by atoms with Crippen molar-refractivity contribution in [3.8, 4) is 0 Å². The highest BCUT2D eigenvalue weighted by molar-refractivity contribution is 7.11. The second kappa shape index (κ2) is 4.97. The maximum absolute atomic E-state index is 11.9. The SMILES string of the molecule is Cc1cccc(C(=O)O)c1NC(=O)c1cncs1. The first-order chi connectivity index (χ1) is 8.59. The van der Waals surface area contributed by atoms with E-state index in [0.29, 0.717) is 16.1 Å². The fourth-order valence-corrected chi connectivity index (χ4v) is 2.03. The van der Waals surface area contributed by atoms with Crippen molar-refractivity contribution >= 4 is 28.9 Å². The van der Waals surface area contributed by atoms with Gasteiger partial charge in [-0.3, -0.25) is 9.78 Å². The Labute approximate surface area is 107 Å². The minimum atomic E-state index is -1.07. The fourth-order valence-electron chi connectivity index (χ4n) is 1.51. The van der Waals surface area contributed by atoms with Gasteiger partial charge in [-0.15, -0.1) is 11.3 Å². The minimum absolute atomic E-state index is 0.0767. The van der Waals surface area contributed by atoms with E-state index in [1.807, 2.05) is 0 Å². The van der Waals surface area contributed by atoms with Gasteiger partial charge in [0.15, 0.2) is 0 Å². The summed E-state index contributed by atoms with van der Waals surface area (Å²) in [6.45, 7) is 1.74. The molecule has 2 N–H and O–H groups in total. The maximum atomic E-state index is 11.9. The van der Waals surface area contributed by atoms with Crippen LogP contribution < -0.4 is 5.32 Å². The number of benzene rings is 1. The summed E-state index contributed by atoms with van der Waals surface area (Å²) < 4.78 is 0. The van der Waals surface area contributed by atoms with E-state index < -0.39 is 5.97 Å². The molecule has 18 heavy (non-hydrogen) atoms. The molecule has 0 saturated carbocycles. The van der Waals surface area contributed by atoms with E-state index in [1.165, 1.54) is 23.6 Å². The van der Waals surface area contributed by atoms with Crippen LogP contribution in [0.4, 0.5) is 5.69 Å². The number of rotatable bonds is 3. The predicted octanol–water partition coefficient (Wildman–Crippen LogP) is 2.40. The molecular weight excluding hydrogens is 252 g/mol. The maximum Gasteiger partial charge on any atom is 0.337 e. The number of anilines is 1. The number of nitrogens with zero attached hydrogens (tertiary/aromatic N) is 1. The summed E-state index contributed by atoms with van der Waals surface area (Å²) in [5.74, 6) is -1.42. The van der Waals surface area contributed by atoms with Crippen LogP contribution in [0, 0.1) is 6.92 Å². The molecule has 0 spiro atoms. The van der Waals surface area contributed by atoms with Crippen LogP contribution in [0.2, 0.25) is 0 Å². The molecule has 0 aliphatic heterocycles. The van der Waals surface area contributed by atoms with Gasteiger partial charge >= 0.3 is 5.97 Å². The van der Waals surface area contributed by atoms with Crippen LogP contribution >= 0.6 is 11.3 Å². The first kappa shape index (κ1) is 12.3. The molecule has 0 saturated heterocycles. The van der Waals surface area contributed by atoms with Gasteiger partial charge in [-0.05, 0) is 18.6 Å². The molecule has 6 heteroatoms. The molecule has 0 fully saturated rings. The molecule has 0 unspecified atom stereocenters. The lowest BCUT2D eigenvalue weighted by Crippen LogP contribution is -2.14. The average molecular weight is 262 g/mol. The summed E-state index contributed by atoms with van der Waals surface area (Å²) in [7, 11) is 0. The molecule has 0 bridgehead atoms. The number of aromatic carboxylic acids is 1. The number of hydrogen-bond donors (Lipinski definition) is 2. The highest BCUT2D eigenvalue weighted by Crippen LogP contribution is 2.21. The summed E-state index contributed by atoms with van der Waals surface area (Å²) in [5, 5.41) is 11.7.